The van der Waals surface area contributed by atoms with E-state index in [-0.39, 0.29) is 18.3 Å². The average molecular weight is 319 g/mol. The Hall–Kier alpha value is -0.970. The van der Waals surface area contributed by atoms with E-state index in [2.05, 4.69) is 10.6 Å². The van der Waals surface area contributed by atoms with E-state index in [4.69, 9.17) is 16.3 Å². The molecule has 1 heterocycles. The molecule has 0 spiro atoms. The van der Waals surface area contributed by atoms with Gasteiger partial charge in [-0.05, 0) is 44.0 Å². The van der Waals surface area contributed by atoms with Crippen LogP contribution in [0, 0.1) is 0 Å². The Morgan fingerprint density at radius 3 is 3.00 bits per heavy atom. The lowest BCUT2D eigenvalue weighted by Gasteiger charge is -2.12. The van der Waals surface area contributed by atoms with E-state index in [1.54, 1.807) is 25.3 Å². The summed E-state index contributed by atoms with van der Waals surface area (Å²) in [6.45, 7) is 1.74. The highest BCUT2D eigenvalue weighted by atomic mass is 35.5. The zero-order valence-corrected chi connectivity index (χ0v) is 13.0. The molecule has 0 bridgehead atoms. The van der Waals surface area contributed by atoms with Crippen LogP contribution in [-0.4, -0.2) is 32.1 Å². The minimum atomic E-state index is -0.141. The Morgan fingerprint density at radius 2 is 2.35 bits per heavy atom. The fourth-order valence-corrected chi connectivity index (χ4v) is 2.49. The van der Waals surface area contributed by atoms with Crippen molar-refractivity contribution < 1.29 is 9.53 Å². The van der Waals surface area contributed by atoms with Gasteiger partial charge in [0, 0.05) is 17.6 Å². The molecule has 1 aliphatic rings. The molecule has 4 nitrogen and oxygen atoms in total. The van der Waals surface area contributed by atoms with Crippen LogP contribution in [0.15, 0.2) is 18.2 Å². The van der Waals surface area contributed by atoms with E-state index in [1.807, 2.05) is 0 Å². The van der Waals surface area contributed by atoms with Crippen LogP contribution in [-0.2, 0) is 0 Å². The molecule has 1 amide bonds. The van der Waals surface area contributed by atoms with Crippen LogP contribution >= 0.6 is 24.0 Å². The Labute approximate surface area is 130 Å². The smallest absolute Gasteiger partial charge is 0.255 e. The number of ether oxygens (including phenoxy) is 1. The SMILES string of the molecule is COc1ccc(Cl)cc1C(=O)NCC[C@H]1CCCN1.Cl. The van der Waals surface area contributed by atoms with Gasteiger partial charge in [-0.15, -0.1) is 12.4 Å². The first-order valence-electron chi connectivity index (χ1n) is 6.56. The lowest BCUT2D eigenvalue weighted by Crippen LogP contribution is -2.30. The summed E-state index contributed by atoms with van der Waals surface area (Å²) in [5.74, 6) is 0.401. The maximum absolute atomic E-state index is 12.1. The van der Waals surface area contributed by atoms with Crippen LogP contribution in [0.25, 0.3) is 0 Å². The number of hydrogen-bond donors (Lipinski definition) is 2. The van der Waals surface area contributed by atoms with Crippen LogP contribution < -0.4 is 15.4 Å². The zero-order valence-electron chi connectivity index (χ0n) is 11.4. The second kappa shape index (κ2) is 8.35. The first-order valence-corrected chi connectivity index (χ1v) is 6.93. The van der Waals surface area contributed by atoms with Gasteiger partial charge in [-0.25, -0.2) is 0 Å². The highest BCUT2D eigenvalue weighted by Gasteiger charge is 2.15. The topological polar surface area (TPSA) is 50.4 Å². The van der Waals surface area contributed by atoms with Crippen LogP contribution in [0.4, 0.5) is 0 Å². The van der Waals surface area contributed by atoms with Crippen molar-refractivity contribution in [2.45, 2.75) is 25.3 Å². The molecule has 6 heteroatoms. The number of carbonyl (C=O) groups is 1. The fraction of sp³-hybridized carbons (Fsp3) is 0.500. The standard InChI is InChI=1S/C14H19ClN2O2.ClH/c1-19-13-5-4-10(15)9-12(13)14(18)17-8-6-11-3-2-7-16-11;/h4-5,9,11,16H,2-3,6-8H2,1H3,(H,17,18);1H/t11-;/m1./s1. The van der Waals surface area contributed by atoms with E-state index in [0.717, 1.165) is 13.0 Å². The summed E-state index contributed by atoms with van der Waals surface area (Å²) in [4.78, 5) is 12.1. The maximum Gasteiger partial charge on any atom is 0.255 e. The van der Waals surface area contributed by atoms with Gasteiger partial charge < -0.3 is 15.4 Å². The molecule has 1 aromatic carbocycles. The van der Waals surface area contributed by atoms with E-state index in [1.165, 1.54) is 12.8 Å². The molecule has 1 atom stereocenters. The molecule has 112 valence electrons. The molecule has 0 saturated carbocycles. The van der Waals surface area contributed by atoms with Crippen molar-refractivity contribution in [3.63, 3.8) is 0 Å². The molecule has 1 saturated heterocycles. The van der Waals surface area contributed by atoms with Crippen molar-refractivity contribution in [1.29, 1.82) is 0 Å². The summed E-state index contributed by atoms with van der Waals surface area (Å²) in [6, 6.07) is 5.57. The van der Waals surface area contributed by atoms with E-state index in [9.17, 15) is 4.79 Å². The first kappa shape index (κ1) is 17.1. The van der Waals surface area contributed by atoms with Crippen LogP contribution in [0.2, 0.25) is 5.02 Å². The van der Waals surface area contributed by atoms with Crippen molar-refractivity contribution in [3.05, 3.63) is 28.8 Å². The molecule has 1 aliphatic heterocycles. The number of halogens is 2. The molecule has 0 aliphatic carbocycles. The third-order valence-electron chi connectivity index (χ3n) is 3.35. The summed E-state index contributed by atoms with van der Waals surface area (Å²) in [7, 11) is 1.54. The van der Waals surface area contributed by atoms with E-state index < -0.39 is 0 Å². The lowest BCUT2D eigenvalue weighted by molar-refractivity contribution is 0.0949. The fourth-order valence-electron chi connectivity index (χ4n) is 2.32. The number of benzene rings is 1. The van der Waals surface area contributed by atoms with Gasteiger partial charge in [-0.1, -0.05) is 11.6 Å². The number of rotatable bonds is 5. The summed E-state index contributed by atoms with van der Waals surface area (Å²) in [6.07, 6.45) is 3.37. The van der Waals surface area contributed by atoms with E-state index >= 15 is 0 Å². The van der Waals surface area contributed by atoms with Gasteiger partial charge in [-0.3, -0.25) is 4.79 Å². The Bertz CT molecular complexity index is 449. The van der Waals surface area contributed by atoms with Crippen LogP contribution in [0.1, 0.15) is 29.6 Å². The van der Waals surface area contributed by atoms with Crippen LogP contribution in [0.5, 0.6) is 5.75 Å². The molecular weight excluding hydrogens is 299 g/mol. The Balaban J connectivity index is 0.00000200. The Kier molecular flexibility index (Phi) is 7.13. The molecule has 1 fully saturated rings. The number of nitrogens with one attached hydrogen (secondary N) is 2. The second-order valence-corrected chi connectivity index (χ2v) is 5.12. The summed E-state index contributed by atoms with van der Waals surface area (Å²) in [5, 5.41) is 6.85. The van der Waals surface area contributed by atoms with Crippen molar-refractivity contribution in [2.75, 3.05) is 20.2 Å². The van der Waals surface area contributed by atoms with Crippen molar-refractivity contribution in [2.24, 2.45) is 0 Å². The predicted molar refractivity (Wildman–Crippen MR) is 83.2 cm³/mol. The molecule has 0 unspecified atom stereocenters. The summed E-state index contributed by atoms with van der Waals surface area (Å²) in [5.41, 5.74) is 0.481. The van der Waals surface area contributed by atoms with Gasteiger partial charge in [0.05, 0.1) is 12.7 Å². The van der Waals surface area contributed by atoms with Gasteiger partial charge in [0.1, 0.15) is 5.75 Å². The second-order valence-electron chi connectivity index (χ2n) is 4.68. The van der Waals surface area contributed by atoms with E-state index in [0.29, 0.717) is 28.9 Å². The minimum Gasteiger partial charge on any atom is -0.496 e. The largest absolute Gasteiger partial charge is 0.496 e. The van der Waals surface area contributed by atoms with Crippen molar-refractivity contribution in [3.8, 4) is 5.75 Å². The normalized spacial score (nSPS) is 17.4. The molecule has 2 N–H and O–H groups in total. The van der Waals surface area contributed by atoms with Gasteiger partial charge in [0.25, 0.3) is 5.91 Å². The molecular formula is C14H20Cl2N2O2. The van der Waals surface area contributed by atoms with Crippen molar-refractivity contribution in [1.82, 2.24) is 10.6 Å². The zero-order chi connectivity index (χ0) is 13.7. The van der Waals surface area contributed by atoms with Gasteiger partial charge in [0.15, 0.2) is 0 Å². The quantitative estimate of drug-likeness (QED) is 0.877. The summed E-state index contributed by atoms with van der Waals surface area (Å²) >= 11 is 5.91. The number of methoxy groups -OCH3 is 1. The monoisotopic (exact) mass is 318 g/mol. The number of hydrogen-bond acceptors (Lipinski definition) is 3. The molecule has 0 aromatic heterocycles. The van der Waals surface area contributed by atoms with Crippen LogP contribution in [0.3, 0.4) is 0 Å². The average Bonchev–Trinajstić information content (AvgIpc) is 2.91. The molecule has 1 aromatic rings. The highest BCUT2D eigenvalue weighted by Crippen LogP contribution is 2.22. The molecule has 20 heavy (non-hydrogen) atoms. The van der Waals surface area contributed by atoms with Crippen molar-refractivity contribution >= 4 is 29.9 Å². The number of amides is 1. The van der Waals surface area contributed by atoms with Gasteiger partial charge >= 0.3 is 0 Å². The van der Waals surface area contributed by atoms with Gasteiger partial charge in [-0.2, -0.15) is 0 Å². The third kappa shape index (κ3) is 4.54. The maximum atomic E-state index is 12.1. The van der Waals surface area contributed by atoms with Gasteiger partial charge in [0.2, 0.25) is 0 Å². The summed E-state index contributed by atoms with van der Waals surface area (Å²) < 4.78 is 5.17. The first-order chi connectivity index (χ1) is 9.20. The minimum absolute atomic E-state index is 0. The Morgan fingerprint density at radius 1 is 1.55 bits per heavy atom. The lowest BCUT2D eigenvalue weighted by atomic mass is 10.1. The highest BCUT2D eigenvalue weighted by molar-refractivity contribution is 6.31. The molecule has 0 radical (unpaired) electrons. The predicted octanol–water partition coefficient (Wildman–Crippen LogP) is 2.64. The third-order valence-corrected chi connectivity index (χ3v) is 3.58. The molecule has 2 rings (SSSR count). The number of carbonyl (C=O) groups excluding carboxylic acids is 1.